The molecular weight excluding hydrogens is 610 g/mol. The summed E-state index contributed by atoms with van der Waals surface area (Å²) >= 11 is 0. The van der Waals surface area contributed by atoms with Gasteiger partial charge in [0.05, 0.1) is 52.9 Å². The van der Waals surface area contributed by atoms with Crippen molar-refractivity contribution in [3.8, 4) is 29.6 Å². The van der Waals surface area contributed by atoms with Gasteiger partial charge in [-0.2, -0.15) is 0 Å². The van der Waals surface area contributed by atoms with Gasteiger partial charge in [0, 0.05) is 71.3 Å². The summed E-state index contributed by atoms with van der Waals surface area (Å²) in [6.07, 6.45) is 15.2. The van der Waals surface area contributed by atoms with E-state index in [0.29, 0.717) is 31.2 Å². The second-order valence-corrected chi connectivity index (χ2v) is 12.3. The third-order valence-corrected chi connectivity index (χ3v) is 8.49. The van der Waals surface area contributed by atoms with E-state index in [0.717, 1.165) is 61.5 Å². The third kappa shape index (κ3) is 11.2. The second-order valence-electron chi connectivity index (χ2n) is 12.3. The Balaban J connectivity index is 0.00000101. The predicted molar refractivity (Wildman–Crippen MR) is 194 cm³/mol. The lowest BCUT2D eigenvalue weighted by Gasteiger charge is -2.45. The number of carbonyl (C=O) groups is 1. The number of hydrogen-bond acceptors (Lipinski definition) is 8. The van der Waals surface area contributed by atoms with Crippen LogP contribution < -0.4 is 14.2 Å². The van der Waals surface area contributed by atoms with Gasteiger partial charge >= 0.3 is 6.03 Å². The van der Waals surface area contributed by atoms with Gasteiger partial charge in [-0.05, 0) is 43.7 Å². The Hall–Kier alpha value is -3.65. The van der Waals surface area contributed by atoms with E-state index in [1.807, 2.05) is 36.1 Å². The molecule has 1 spiro atoms. The van der Waals surface area contributed by atoms with Crippen LogP contribution in [-0.4, -0.2) is 109 Å². The van der Waals surface area contributed by atoms with Crippen molar-refractivity contribution in [2.24, 2.45) is 5.41 Å². The fraction of sp³-hybridized carbons (Fsp3) is 0.605. The first kappa shape index (κ1) is 42.4. The Bertz CT molecular complexity index is 1240. The number of hydrogen-bond donors (Lipinski definition) is 0. The number of benzene rings is 1. The molecule has 2 fully saturated rings. The molecule has 270 valence electrons. The minimum absolute atomic E-state index is 0.0479. The average Bonchev–Trinajstić information content (AvgIpc) is 3.26. The Kier molecular flexibility index (Phi) is 18.8. The van der Waals surface area contributed by atoms with Gasteiger partial charge < -0.3 is 33.3 Å². The molecule has 0 saturated carbocycles. The molecule has 2 amide bonds. The molecule has 10 heteroatoms. The number of rotatable bonds is 14. The number of amides is 2. The van der Waals surface area contributed by atoms with Crippen LogP contribution in [0.1, 0.15) is 58.9 Å². The van der Waals surface area contributed by atoms with E-state index in [1.165, 1.54) is 0 Å². The van der Waals surface area contributed by atoms with Gasteiger partial charge in [-0.3, -0.25) is 9.80 Å². The molecule has 3 rings (SSSR count). The summed E-state index contributed by atoms with van der Waals surface area (Å²) in [6.45, 7) is 15.8. The van der Waals surface area contributed by atoms with Crippen LogP contribution in [0.15, 0.2) is 48.4 Å². The van der Waals surface area contributed by atoms with Crippen LogP contribution in [0.25, 0.3) is 0 Å². The number of piperidine rings is 1. The third-order valence-electron chi connectivity index (χ3n) is 8.49. The molecule has 48 heavy (non-hydrogen) atoms. The molecule has 0 radical (unpaired) electrons. The summed E-state index contributed by atoms with van der Waals surface area (Å²) in [5.74, 6) is 5.82. The van der Waals surface area contributed by atoms with Gasteiger partial charge in [-0.25, -0.2) is 4.79 Å². The maximum atomic E-state index is 13.7. The summed E-state index contributed by atoms with van der Waals surface area (Å²) in [5.41, 5.74) is 1.38. The van der Waals surface area contributed by atoms with E-state index in [1.54, 1.807) is 54.7 Å². The molecule has 0 N–H and O–H groups in total. The summed E-state index contributed by atoms with van der Waals surface area (Å²) in [7, 11) is 11.5. The minimum atomic E-state index is -0.447. The predicted octanol–water partition coefficient (Wildman–Crippen LogP) is 6.76. The molecular formula is C38H61N3O7. The molecule has 2 aliphatic rings. The molecule has 0 atom stereocenters. The number of allylic oxidation sites excluding steroid dienone is 4. The molecule has 2 saturated heterocycles. The fourth-order valence-corrected chi connectivity index (χ4v) is 6.14. The maximum Gasteiger partial charge on any atom is 0.326 e. The van der Waals surface area contributed by atoms with Gasteiger partial charge in [0.1, 0.15) is 5.75 Å². The Labute approximate surface area is 290 Å². The summed E-state index contributed by atoms with van der Waals surface area (Å²) in [4.78, 5) is 19.9. The highest BCUT2D eigenvalue weighted by Crippen LogP contribution is 2.46. The van der Waals surface area contributed by atoms with E-state index in [4.69, 9.17) is 30.1 Å². The van der Waals surface area contributed by atoms with E-state index in [-0.39, 0.29) is 18.0 Å². The number of methoxy groups -OCH3 is 6. The highest BCUT2D eigenvalue weighted by molar-refractivity contribution is 5.83. The van der Waals surface area contributed by atoms with Gasteiger partial charge in [-0.1, -0.05) is 38.8 Å². The molecule has 2 aliphatic heterocycles. The Morgan fingerprint density at radius 1 is 1.06 bits per heavy atom. The Morgan fingerprint density at radius 3 is 2.15 bits per heavy atom. The molecule has 0 unspecified atom stereocenters. The molecule has 0 aliphatic carbocycles. The van der Waals surface area contributed by atoms with Crippen molar-refractivity contribution in [3.05, 3.63) is 54.0 Å². The van der Waals surface area contributed by atoms with Crippen molar-refractivity contribution in [2.75, 3.05) is 82.6 Å². The first-order valence-corrected chi connectivity index (χ1v) is 16.4. The first-order chi connectivity index (χ1) is 23.0. The van der Waals surface area contributed by atoms with Crippen LogP contribution in [0, 0.1) is 17.8 Å². The summed E-state index contributed by atoms with van der Waals surface area (Å²) in [6, 6.07) is 3.77. The highest BCUT2D eigenvalue weighted by Gasteiger charge is 2.54. The number of ether oxygens (including phenoxy) is 6. The van der Waals surface area contributed by atoms with Crippen LogP contribution in [0.2, 0.25) is 0 Å². The number of urea groups is 1. The van der Waals surface area contributed by atoms with Gasteiger partial charge in [0.2, 0.25) is 0 Å². The van der Waals surface area contributed by atoms with E-state index < -0.39 is 5.54 Å². The number of nitrogens with zero attached hydrogens (tertiary/aromatic N) is 3. The molecule has 1 aromatic carbocycles. The van der Waals surface area contributed by atoms with Gasteiger partial charge in [0.15, 0.2) is 11.5 Å². The quantitative estimate of drug-likeness (QED) is 0.122. The lowest BCUT2D eigenvalue weighted by molar-refractivity contribution is 0.0663. The first-order valence-electron chi connectivity index (χ1n) is 16.4. The van der Waals surface area contributed by atoms with E-state index >= 15 is 0 Å². The zero-order valence-corrected chi connectivity index (χ0v) is 31.4. The molecule has 1 aromatic rings. The zero-order valence-electron chi connectivity index (χ0n) is 31.4. The van der Waals surface area contributed by atoms with Crippen molar-refractivity contribution in [3.63, 3.8) is 0 Å². The fourth-order valence-electron chi connectivity index (χ4n) is 6.14. The SMILES string of the molecule is C#CCN1C(=O)N(CCOC)C2(CCN(Cc3cc(OC)cc(OC)c3OC)CC2)/C1=C/C(C)(C)CC=C.C/C=C(\CC)OC.COC. The van der Waals surface area contributed by atoms with Crippen molar-refractivity contribution in [1.29, 1.82) is 0 Å². The molecule has 10 nitrogen and oxygen atoms in total. The zero-order chi connectivity index (χ0) is 36.3. The van der Waals surface area contributed by atoms with Crippen LogP contribution >= 0.6 is 0 Å². The molecule has 2 heterocycles. The van der Waals surface area contributed by atoms with Gasteiger partial charge in [0.25, 0.3) is 0 Å². The standard InChI is InChI=1S/C30H43N3O5.C6H12O.C2H6O/c1-9-11-29(3,4)21-26-30(33(17-18-35-5)28(34)32(26)14-10-2)12-15-31(16-13-30)22-23-19-24(36-6)20-25(37-7)27(23)38-8;1-4-6(5-2)7-3;1-3-2/h2,9,19-21H,1,11-18,22H2,3-8H3;4H,5H2,1-3H3;1-2H3/b26-21-;6-4+;. The largest absolute Gasteiger partial charge is 0.501 e. The summed E-state index contributed by atoms with van der Waals surface area (Å²) < 4.78 is 31.3. The minimum Gasteiger partial charge on any atom is -0.501 e. The molecule has 0 bridgehead atoms. The lowest BCUT2D eigenvalue weighted by Crippen LogP contribution is -2.54. The van der Waals surface area contributed by atoms with Crippen LogP contribution in [0.4, 0.5) is 4.79 Å². The summed E-state index contributed by atoms with van der Waals surface area (Å²) in [5, 5.41) is 0. The lowest BCUT2D eigenvalue weighted by atomic mass is 9.79. The number of likely N-dealkylation sites (tertiary alicyclic amines) is 1. The van der Waals surface area contributed by atoms with Crippen LogP contribution in [-0.2, 0) is 20.8 Å². The maximum absolute atomic E-state index is 13.7. The van der Waals surface area contributed by atoms with Crippen molar-refractivity contribution < 1.29 is 33.2 Å². The highest BCUT2D eigenvalue weighted by atomic mass is 16.5. The van der Waals surface area contributed by atoms with Gasteiger partial charge in [-0.15, -0.1) is 13.0 Å². The van der Waals surface area contributed by atoms with Crippen molar-refractivity contribution in [2.45, 2.75) is 65.5 Å². The second kappa shape index (κ2) is 21.3. The number of terminal acetylenes is 1. The molecule has 0 aromatic heterocycles. The van der Waals surface area contributed by atoms with Crippen LogP contribution in [0.5, 0.6) is 17.2 Å². The monoisotopic (exact) mass is 671 g/mol. The number of carbonyl (C=O) groups excluding carboxylic acids is 1. The van der Waals surface area contributed by atoms with Crippen molar-refractivity contribution in [1.82, 2.24) is 14.7 Å². The Morgan fingerprint density at radius 2 is 1.71 bits per heavy atom. The smallest absolute Gasteiger partial charge is 0.326 e. The van der Waals surface area contributed by atoms with E-state index in [2.05, 4.69) is 49.0 Å². The topological polar surface area (TPSA) is 82.2 Å². The van der Waals surface area contributed by atoms with E-state index in [9.17, 15) is 4.79 Å². The van der Waals surface area contributed by atoms with Crippen LogP contribution in [0.3, 0.4) is 0 Å². The normalized spacial score (nSPS) is 16.8. The average molecular weight is 672 g/mol. The van der Waals surface area contributed by atoms with Crippen molar-refractivity contribution >= 4 is 6.03 Å².